The lowest BCUT2D eigenvalue weighted by molar-refractivity contribution is -0.141. The molecule has 2 rings (SSSR count). The quantitative estimate of drug-likeness (QED) is 0.395. The second-order valence-corrected chi connectivity index (χ2v) is 7.79. The van der Waals surface area contributed by atoms with E-state index in [1.165, 1.54) is 6.92 Å². The minimum atomic E-state index is -5.84. The molecule has 0 aliphatic rings. The Kier molecular flexibility index (Phi) is 6.94. The summed E-state index contributed by atoms with van der Waals surface area (Å²) in [7, 11) is -5.84. The highest BCUT2D eigenvalue weighted by molar-refractivity contribution is 7.88. The monoisotopic (exact) mass is 442 g/mol. The fraction of sp³-hybridized carbons (Fsp3) is 0.263. The van der Waals surface area contributed by atoms with Gasteiger partial charge in [-0.2, -0.15) is 26.9 Å². The lowest BCUT2D eigenvalue weighted by atomic mass is 10.0. The number of rotatable bonds is 7. The second-order valence-electron chi connectivity index (χ2n) is 6.25. The number of hydrogen-bond acceptors (Lipinski definition) is 7. The predicted octanol–water partition coefficient (Wildman–Crippen LogP) is 3.81. The fourth-order valence-electron chi connectivity index (χ4n) is 2.46. The molecule has 0 saturated carbocycles. The summed E-state index contributed by atoms with van der Waals surface area (Å²) in [5.74, 6) is -1.11. The molecule has 30 heavy (non-hydrogen) atoms. The molecule has 2 aromatic rings. The van der Waals surface area contributed by atoms with E-state index in [4.69, 9.17) is 10.00 Å². The van der Waals surface area contributed by atoms with Gasteiger partial charge in [0.15, 0.2) is 0 Å². The van der Waals surface area contributed by atoms with Gasteiger partial charge in [0.2, 0.25) is 0 Å². The summed E-state index contributed by atoms with van der Waals surface area (Å²) in [4.78, 5) is 11.2. The van der Waals surface area contributed by atoms with Crippen LogP contribution in [0.15, 0.2) is 42.5 Å². The Morgan fingerprint density at radius 1 is 1.20 bits per heavy atom. The van der Waals surface area contributed by atoms with Crippen LogP contribution < -0.4 is 9.50 Å². The molecule has 0 spiro atoms. The zero-order valence-electron chi connectivity index (χ0n) is 15.9. The Balaban J connectivity index is 2.38. The molecule has 7 nitrogen and oxygen atoms in total. The number of anilines is 1. The number of carbonyl (C=O) groups is 1. The van der Waals surface area contributed by atoms with Crippen molar-refractivity contribution in [3.05, 3.63) is 59.2 Å². The Bertz CT molecular complexity index is 1060. The van der Waals surface area contributed by atoms with E-state index in [2.05, 4.69) is 9.50 Å². The number of benzene rings is 2. The van der Waals surface area contributed by atoms with Crippen LogP contribution in [0.25, 0.3) is 0 Å². The molecule has 160 valence electrons. The van der Waals surface area contributed by atoms with Gasteiger partial charge in [0.25, 0.3) is 0 Å². The van der Waals surface area contributed by atoms with Crippen LogP contribution in [-0.2, 0) is 19.6 Å². The first-order valence-electron chi connectivity index (χ1n) is 8.43. The van der Waals surface area contributed by atoms with Gasteiger partial charge in [0.05, 0.1) is 17.7 Å². The van der Waals surface area contributed by atoms with Gasteiger partial charge in [0.1, 0.15) is 12.4 Å². The first kappa shape index (κ1) is 23.0. The number of hydrogen-bond donors (Lipinski definition) is 1. The number of carbonyl (C=O) groups excluding carboxylic acids is 1. The van der Waals surface area contributed by atoms with Crippen molar-refractivity contribution in [3.8, 4) is 11.8 Å². The van der Waals surface area contributed by atoms with Crippen molar-refractivity contribution in [1.82, 2.24) is 0 Å². The molecule has 11 heteroatoms. The maximum atomic E-state index is 12.6. The number of halogens is 3. The standard InChI is InChI=1S/C19H17F3N2O5S/c1-12-7-15(9-17(8-12)29-30(26,27)19(20,21)22)18(11-28-13(2)25)24-16-5-3-14(10-23)4-6-16/h3-9,18,24H,11H2,1-2H3. The molecule has 0 bridgehead atoms. The molecule has 0 aliphatic heterocycles. The first-order valence-corrected chi connectivity index (χ1v) is 9.84. The van der Waals surface area contributed by atoms with Crippen LogP contribution in [0.4, 0.5) is 18.9 Å². The summed E-state index contributed by atoms with van der Waals surface area (Å²) >= 11 is 0. The molecule has 0 fully saturated rings. The summed E-state index contributed by atoms with van der Waals surface area (Å²) < 4.78 is 69.8. The Morgan fingerprint density at radius 2 is 1.83 bits per heavy atom. The van der Waals surface area contributed by atoms with Gasteiger partial charge < -0.3 is 14.2 Å². The Labute approximate surface area is 171 Å². The Hall–Kier alpha value is -3.26. The van der Waals surface area contributed by atoms with Crippen LogP contribution in [0.3, 0.4) is 0 Å². The summed E-state index contributed by atoms with van der Waals surface area (Å²) in [5, 5.41) is 11.9. The third kappa shape index (κ3) is 6.12. The van der Waals surface area contributed by atoms with Crippen molar-refractivity contribution in [3.63, 3.8) is 0 Å². The fourth-order valence-corrected chi connectivity index (χ4v) is 2.91. The van der Waals surface area contributed by atoms with Gasteiger partial charge in [-0.3, -0.25) is 4.79 Å². The van der Waals surface area contributed by atoms with E-state index in [1.54, 1.807) is 37.3 Å². The van der Waals surface area contributed by atoms with Crippen LogP contribution in [0.2, 0.25) is 0 Å². The lowest BCUT2D eigenvalue weighted by Crippen LogP contribution is -2.28. The van der Waals surface area contributed by atoms with Crippen LogP contribution in [0.1, 0.15) is 29.7 Å². The average molecular weight is 442 g/mol. The molecule has 1 atom stereocenters. The van der Waals surface area contributed by atoms with E-state index in [0.717, 1.165) is 12.1 Å². The maximum absolute atomic E-state index is 12.6. The summed E-state index contributed by atoms with van der Waals surface area (Å²) in [6.07, 6.45) is 0. The molecular formula is C19H17F3N2O5S. The van der Waals surface area contributed by atoms with E-state index < -0.39 is 33.4 Å². The highest BCUT2D eigenvalue weighted by Crippen LogP contribution is 2.30. The van der Waals surface area contributed by atoms with Crippen LogP contribution in [0, 0.1) is 18.3 Å². The van der Waals surface area contributed by atoms with Crippen LogP contribution >= 0.6 is 0 Å². The molecule has 0 radical (unpaired) electrons. The molecule has 1 unspecified atom stereocenters. The highest BCUT2D eigenvalue weighted by atomic mass is 32.2. The first-order chi connectivity index (χ1) is 13.9. The number of aryl methyl sites for hydroxylation is 1. The highest BCUT2D eigenvalue weighted by Gasteiger charge is 2.48. The topological polar surface area (TPSA) is 105 Å². The SMILES string of the molecule is CC(=O)OCC(Nc1ccc(C#N)cc1)c1cc(C)cc(OS(=O)(=O)C(F)(F)F)c1. The molecule has 0 amide bonds. The van der Waals surface area contributed by atoms with Crippen molar-refractivity contribution in [2.75, 3.05) is 11.9 Å². The lowest BCUT2D eigenvalue weighted by Gasteiger charge is -2.21. The van der Waals surface area contributed by atoms with Crippen LogP contribution in [0.5, 0.6) is 5.75 Å². The van der Waals surface area contributed by atoms with Gasteiger partial charge in [-0.25, -0.2) is 0 Å². The number of nitriles is 1. The molecular weight excluding hydrogens is 425 g/mol. The van der Waals surface area contributed by atoms with Crippen molar-refractivity contribution < 1.29 is 35.3 Å². The number of nitrogens with one attached hydrogen (secondary N) is 1. The predicted molar refractivity (Wildman–Crippen MR) is 101 cm³/mol. The normalized spacial score (nSPS) is 12.5. The zero-order valence-corrected chi connectivity index (χ0v) is 16.7. The van der Waals surface area contributed by atoms with Crippen LogP contribution in [-0.4, -0.2) is 26.5 Å². The maximum Gasteiger partial charge on any atom is 0.534 e. The van der Waals surface area contributed by atoms with Gasteiger partial charge in [-0.15, -0.1) is 0 Å². The van der Waals surface area contributed by atoms with Crippen molar-refractivity contribution in [2.45, 2.75) is 25.4 Å². The largest absolute Gasteiger partial charge is 0.534 e. The van der Waals surface area contributed by atoms with Gasteiger partial charge >= 0.3 is 21.6 Å². The van der Waals surface area contributed by atoms with Gasteiger partial charge in [0, 0.05) is 12.6 Å². The van der Waals surface area contributed by atoms with E-state index in [9.17, 15) is 26.4 Å². The Morgan fingerprint density at radius 3 is 2.37 bits per heavy atom. The van der Waals surface area contributed by atoms with E-state index in [0.29, 0.717) is 22.4 Å². The smallest absolute Gasteiger partial charge is 0.463 e. The van der Waals surface area contributed by atoms with Crippen molar-refractivity contribution in [1.29, 1.82) is 5.26 Å². The van der Waals surface area contributed by atoms with E-state index in [-0.39, 0.29) is 6.61 Å². The molecule has 0 aliphatic carbocycles. The number of ether oxygens (including phenoxy) is 1. The number of nitrogens with zero attached hydrogens (tertiary/aromatic N) is 1. The van der Waals surface area contributed by atoms with Gasteiger partial charge in [-0.1, -0.05) is 6.07 Å². The van der Waals surface area contributed by atoms with E-state index >= 15 is 0 Å². The molecule has 0 saturated heterocycles. The molecule has 0 aromatic heterocycles. The molecule has 0 heterocycles. The zero-order chi connectivity index (χ0) is 22.5. The van der Waals surface area contributed by atoms with Crippen molar-refractivity contribution >= 4 is 21.8 Å². The number of alkyl halides is 3. The molecule has 1 N–H and O–H groups in total. The average Bonchev–Trinajstić information content (AvgIpc) is 2.63. The third-order valence-corrected chi connectivity index (χ3v) is 4.75. The number of esters is 1. The van der Waals surface area contributed by atoms with E-state index in [1.807, 2.05) is 6.07 Å². The third-order valence-electron chi connectivity index (χ3n) is 3.77. The summed E-state index contributed by atoms with van der Waals surface area (Å²) in [6, 6.07) is 11.3. The second kappa shape index (κ2) is 9.04. The van der Waals surface area contributed by atoms with Crippen molar-refractivity contribution in [2.24, 2.45) is 0 Å². The minimum absolute atomic E-state index is 0.190. The summed E-state index contributed by atoms with van der Waals surface area (Å²) in [5.41, 5.74) is -3.87. The molecule has 2 aromatic carbocycles. The van der Waals surface area contributed by atoms with Gasteiger partial charge in [-0.05, 0) is 54.4 Å². The summed E-state index contributed by atoms with van der Waals surface area (Å²) in [6.45, 7) is 2.55. The minimum Gasteiger partial charge on any atom is -0.463 e.